The maximum absolute atomic E-state index is 13.6. The Hall–Kier alpha value is -1.66. The van der Waals surface area contributed by atoms with Gasteiger partial charge in [-0.15, -0.1) is 0 Å². The van der Waals surface area contributed by atoms with Gasteiger partial charge in [-0.3, -0.25) is 10.6 Å². The van der Waals surface area contributed by atoms with Gasteiger partial charge in [0.1, 0.15) is 5.82 Å². The van der Waals surface area contributed by atoms with E-state index in [1.165, 1.54) is 18.2 Å². The first kappa shape index (κ1) is 14.7. The molecule has 20 heavy (non-hydrogen) atoms. The molecule has 1 saturated carbocycles. The lowest BCUT2D eigenvalue weighted by atomic mass is 9.64. The Morgan fingerprint density at radius 1 is 1.50 bits per heavy atom. The number of rotatable bonds is 4. The maximum Gasteiger partial charge on any atom is 0.253 e. The summed E-state index contributed by atoms with van der Waals surface area (Å²) in [4.78, 5) is 12.2. The lowest BCUT2D eigenvalue weighted by molar-refractivity contribution is -0.0942. The smallest absolute Gasteiger partial charge is 0.253 e. The lowest BCUT2D eigenvalue weighted by Crippen LogP contribution is -2.61. The van der Waals surface area contributed by atoms with E-state index in [1.54, 1.807) is 7.11 Å². The SMILES string of the molecule is COC1CC(NC(=O)c2cccc(F)c2NN)C1(C)C. The minimum absolute atomic E-state index is 0.00502. The first-order valence-corrected chi connectivity index (χ1v) is 6.50. The van der Waals surface area contributed by atoms with Crippen LogP contribution in [0.5, 0.6) is 0 Å². The number of hydrazine groups is 1. The molecule has 1 fully saturated rings. The predicted molar refractivity (Wildman–Crippen MR) is 74.7 cm³/mol. The predicted octanol–water partition coefficient (Wildman–Crippen LogP) is 1.65. The number of ether oxygens (including phenoxy) is 1. The van der Waals surface area contributed by atoms with Gasteiger partial charge in [-0.2, -0.15) is 0 Å². The number of nitrogens with one attached hydrogen (secondary N) is 2. The lowest BCUT2D eigenvalue weighted by Gasteiger charge is -2.51. The van der Waals surface area contributed by atoms with Gasteiger partial charge in [-0.05, 0) is 18.6 Å². The summed E-state index contributed by atoms with van der Waals surface area (Å²) in [6.07, 6.45) is 0.864. The molecule has 1 aromatic rings. The molecule has 0 spiro atoms. The van der Waals surface area contributed by atoms with E-state index in [1.807, 2.05) is 13.8 Å². The van der Waals surface area contributed by atoms with Crippen LogP contribution in [0, 0.1) is 11.2 Å². The topological polar surface area (TPSA) is 76.4 Å². The standard InChI is InChI=1S/C14H20FN3O2/c1-14(2)10(7-11(14)20-3)17-13(19)8-5-4-6-9(15)12(8)18-16/h4-6,10-11,18H,7,16H2,1-3H3,(H,17,19). The van der Waals surface area contributed by atoms with E-state index in [-0.39, 0.29) is 34.7 Å². The second-order valence-corrected chi connectivity index (χ2v) is 5.61. The summed E-state index contributed by atoms with van der Waals surface area (Å²) in [6, 6.07) is 4.26. The minimum Gasteiger partial charge on any atom is -0.381 e. The van der Waals surface area contributed by atoms with Crippen molar-refractivity contribution in [3.05, 3.63) is 29.6 Å². The van der Waals surface area contributed by atoms with Gasteiger partial charge < -0.3 is 15.5 Å². The number of halogens is 1. The summed E-state index contributed by atoms with van der Waals surface area (Å²) in [5.41, 5.74) is 2.29. The Balaban J connectivity index is 2.13. The molecule has 110 valence electrons. The number of methoxy groups -OCH3 is 1. The molecule has 1 amide bonds. The van der Waals surface area contributed by atoms with Crippen LogP contribution >= 0.6 is 0 Å². The highest BCUT2D eigenvalue weighted by atomic mass is 19.1. The van der Waals surface area contributed by atoms with Crippen LogP contribution in [-0.2, 0) is 4.74 Å². The van der Waals surface area contributed by atoms with E-state index in [4.69, 9.17) is 10.6 Å². The van der Waals surface area contributed by atoms with Gasteiger partial charge in [0.2, 0.25) is 0 Å². The highest BCUT2D eigenvalue weighted by Gasteiger charge is 2.49. The van der Waals surface area contributed by atoms with Crippen LogP contribution in [0.25, 0.3) is 0 Å². The zero-order valence-corrected chi connectivity index (χ0v) is 11.9. The molecule has 0 aromatic heterocycles. The molecule has 1 aliphatic rings. The summed E-state index contributed by atoms with van der Waals surface area (Å²) in [7, 11) is 1.66. The molecule has 0 saturated heterocycles. The third-order valence-corrected chi connectivity index (χ3v) is 4.17. The zero-order valence-electron chi connectivity index (χ0n) is 11.9. The molecule has 5 nitrogen and oxygen atoms in total. The summed E-state index contributed by atoms with van der Waals surface area (Å²) in [5, 5.41) is 2.91. The summed E-state index contributed by atoms with van der Waals surface area (Å²) >= 11 is 0. The van der Waals surface area contributed by atoms with E-state index in [2.05, 4.69) is 10.7 Å². The molecule has 1 aliphatic carbocycles. The maximum atomic E-state index is 13.6. The van der Waals surface area contributed by atoms with Crippen molar-refractivity contribution in [3.8, 4) is 0 Å². The fraction of sp³-hybridized carbons (Fsp3) is 0.500. The Morgan fingerprint density at radius 3 is 2.75 bits per heavy atom. The average molecular weight is 281 g/mol. The molecule has 2 atom stereocenters. The molecule has 0 bridgehead atoms. The number of carbonyl (C=O) groups is 1. The molecule has 0 heterocycles. The van der Waals surface area contributed by atoms with Crippen molar-refractivity contribution in [3.63, 3.8) is 0 Å². The Labute approximate surface area is 117 Å². The van der Waals surface area contributed by atoms with Gasteiger partial charge in [0.15, 0.2) is 0 Å². The van der Waals surface area contributed by atoms with Crippen molar-refractivity contribution >= 4 is 11.6 Å². The zero-order chi connectivity index (χ0) is 14.9. The number of nitrogen functional groups attached to an aromatic ring is 1. The molecule has 0 radical (unpaired) electrons. The van der Waals surface area contributed by atoms with Gasteiger partial charge in [0, 0.05) is 18.6 Å². The molecule has 2 rings (SSSR count). The Morgan fingerprint density at radius 2 is 2.20 bits per heavy atom. The molecule has 6 heteroatoms. The second-order valence-electron chi connectivity index (χ2n) is 5.61. The second kappa shape index (κ2) is 5.38. The van der Waals surface area contributed by atoms with E-state index >= 15 is 0 Å². The summed E-state index contributed by atoms with van der Waals surface area (Å²) in [6.45, 7) is 4.06. The quantitative estimate of drug-likeness (QED) is 0.579. The average Bonchev–Trinajstić information content (AvgIpc) is 2.42. The number of carbonyl (C=O) groups excluding carboxylic acids is 1. The highest BCUT2D eigenvalue weighted by molar-refractivity contribution is 5.99. The van der Waals surface area contributed by atoms with Crippen LogP contribution in [0.1, 0.15) is 30.6 Å². The molecule has 4 N–H and O–H groups in total. The normalized spacial score (nSPS) is 23.9. The molecule has 1 aromatic carbocycles. The van der Waals surface area contributed by atoms with Gasteiger partial charge in [0.25, 0.3) is 5.91 Å². The van der Waals surface area contributed by atoms with Crippen molar-refractivity contribution in [2.24, 2.45) is 11.3 Å². The molecule has 2 unspecified atom stereocenters. The van der Waals surface area contributed by atoms with E-state index in [0.717, 1.165) is 6.42 Å². The van der Waals surface area contributed by atoms with Crippen LogP contribution in [0.4, 0.5) is 10.1 Å². The minimum atomic E-state index is -0.553. The van der Waals surface area contributed by atoms with E-state index in [9.17, 15) is 9.18 Å². The monoisotopic (exact) mass is 281 g/mol. The number of benzene rings is 1. The van der Waals surface area contributed by atoms with Crippen LogP contribution in [0.2, 0.25) is 0 Å². The van der Waals surface area contributed by atoms with Crippen molar-refractivity contribution in [2.75, 3.05) is 12.5 Å². The van der Waals surface area contributed by atoms with Crippen molar-refractivity contribution in [1.82, 2.24) is 5.32 Å². The molecular weight excluding hydrogens is 261 g/mol. The first-order chi connectivity index (χ1) is 9.41. The molecule has 0 aliphatic heterocycles. The summed E-state index contributed by atoms with van der Waals surface area (Å²) in [5.74, 6) is 4.38. The van der Waals surface area contributed by atoms with Crippen molar-refractivity contribution in [2.45, 2.75) is 32.4 Å². The van der Waals surface area contributed by atoms with Crippen LogP contribution in [-0.4, -0.2) is 25.2 Å². The Kier molecular flexibility index (Phi) is 3.96. The van der Waals surface area contributed by atoms with Crippen LogP contribution in [0.15, 0.2) is 18.2 Å². The summed E-state index contributed by atoms with van der Waals surface area (Å²) < 4.78 is 18.9. The van der Waals surface area contributed by atoms with E-state index < -0.39 is 5.82 Å². The van der Waals surface area contributed by atoms with E-state index in [0.29, 0.717) is 0 Å². The molecular formula is C14H20FN3O2. The number of hydrogen-bond acceptors (Lipinski definition) is 4. The van der Waals surface area contributed by atoms with Crippen molar-refractivity contribution < 1.29 is 13.9 Å². The number of para-hydroxylation sites is 1. The fourth-order valence-electron chi connectivity index (χ4n) is 2.63. The number of anilines is 1. The largest absolute Gasteiger partial charge is 0.381 e. The fourth-order valence-corrected chi connectivity index (χ4v) is 2.63. The van der Waals surface area contributed by atoms with Gasteiger partial charge in [-0.25, -0.2) is 4.39 Å². The Bertz CT molecular complexity index is 519. The van der Waals surface area contributed by atoms with Crippen LogP contribution in [0.3, 0.4) is 0 Å². The first-order valence-electron chi connectivity index (χ1n) is 6.50. The third kappa shape index (κ3) is 2.36. The third-order valence-electron chi connectivity index (χ3n) is 4.17. The van der Waals surface area contributed by atoms with Crippen molar-refractivity contribution in [1.29, 1.82) is 0 Å². The van der Waals surface area contributed by atoms with Gasteiger partial charge in [0.05, 0.1) is 17.4 Å². The van der Waals surface area contributed by atoms with Gasteiger partial charge >= 0.3 is 0 Å². The number of nitrogens with two attached hydrogens (primary N) is 1. The highest BCUT2D eigenvalue weighted by Crippen LogP contribution is 2.42. The number of amides is 1. The number of hydrogen-bond donors (Lipinski definition) is 3. The van der Waals surface area contributed by atoms with Gasteiger partial charge in [-0.1, -0.05) is 19.9 Å². The van der Waals surface area contributed by atoms with Crippen LogP contribution < -0.4 is 16.6 Å².